The Bertz CT molecular complexity index is 685. The summed E-state index contributed by atoms with van der Waals surface area (Å²) in [5.74, 6) is 1.29. The van der Waals surface area contributed by atoms with Crippen LogP contribution in [0.4, 0.5) is 0 Å². The van der Waals surface area contributed by atoms with Gasteiger partial charge in [0.05, 0.1) is 26.0 Å². The Hall–Kier alpha value is -1.98. The maximum absolute atomic E-state index is 12.2. The van der Waals surface area contributed by atoms with Crippen LogP contribution in [-0.4, -0.2) is 31.9 Å². The van der Waals surface area contributed by atoms with Crippen LogP contribution in [0.25, 0.3) is 0 Å². The molecule has 0 spiro atoms. The molecule has 0 unspecified atom stereocenters. The fourth-order valence-corrected chi connectivity index (χ4v) is 3.47. The van der Waals surface area contributed by atoms with Gasteiger partial charge >= 0.3 is 0 Å². The lowest BCUT2D eigenvalue weighted by atomic mass is 10.1. The van der Waals surface area contributed by atoms with Gasteiger partial charge < -0.3 is 15.0 Å². The third kappa shape index (κ3) is 6.39. The van der Waals surface area contributed by atoms with Crippen molar-refractivity contribution in [2.75, 3.05) is 26.0 Å². The van der Waals surface area contributed by atoms with Gasteiger partial charge in [-0.15, -0.1) is 11.8 Å². The minimum absolute atomic E-state index is 0.0517. The molecule has 26 heavy (non-hydrogen) atoms. The maximum atomic E-state index is 12.2. The van der Waals surface area contributed by atoms with Crippen molar-refractivity contribution >= 4 is 17.7 Å². The topological polar surface area (TPSA) is 42.8 Å². The first-order chi connectivity index (χ1) is 12.7. The van der Waals surface area contributed by atoms with Gasteiger partial charge in [0.25, 0.3) is 0 Å². The number of carbonyl (C=O) groups is 1. The molecule has 0 aromatic heterocycles. The van der Waals surface area contributed by atoms with Gasteiger partial charge in [0.15, 0.2) is 0 Å². The number of hydrogen-bond acceptors (Lipinski definition) is 3. The average molecular weight is 374 g/mol. The molecule has 0 aliphatic carbocycles. The standard InChI is InChI=1S/C21H28N2O2S/c1-4-23(5-2)15-18-9-7-6-8-17(18)14-22-21(24)16-26-20-12-10-19(25-3)11-13-20/h6-13H,4-5,14-16H2,1-3H3,(H,22,24)/p+1. The number of amides is 1. The van der Waals surface area contributed by atoms with Crippen molar-refractivity contribution < 1.29 is 14.4 Å². The van der Waals surface area contributed by atoms with Crippen LogP contribution in [0.3, 0.4) is 0 Å². The lowest BCUT2D eigenvalue weighted by molar-refractivity contribution is -0.910. The lowest BCUT2D eigenvalue weighted by Gasteiger charge is -2.18. The number of quaternary nitrogens is 1. The smallest absolute Gasteiger partial charge is 0.230 e. The summed E-state index contributed by atoms with van der Waals surface area (Å²) in [6, 6.07) is 16.1. The zero-order valence-corrected chi connectivity index (χ0v) is 16.7. The van der Waals surface area contributed by atoms with Gasteiger partial charge in [-0.1, -0.05) is 24.3 Å². The van der Waals surface area contributed by atoms with Gasteiger partial charge in [0.2, 0.25) is 5.91 Å². The fourth-order valence-electron chi connectivity index (χ4n) is 2.74. The minimum atomic E-state index is 0.0517. The third-order valence-corrected chi connectivity index (χ3v) is 5.48. The van der Waals surface area contributed by atoms with Crippen LogP contribution in [0.5, 0.6) is 5.75 Å². The predicted octanol–water partition coefficient (Wildman–Crippen LogP) is 2.53. The van der Waals surface area contributed by atoms with Crippen LogP contribution in [-0.2, 0) is 17.9 Å². The molecule has 0 bridgehead atoms. The number of methoxy groups -OCH3 is 1. The Morgan fingerprint density at radius 2 is 1.69 bits per heavy atom. The highest BCUT2D eigenvalue weighted by atomic mass is 32.2. The number of carbonyl (C=O) groups excluding carboxylic acids is 1. The number of benzene rings is 2. The fraction of sp³-hybridized carbons (Fsp3) is 0.381. The number of thioether (sulfide) groups is 1. The van der Waals surface area contributed by atoms with Gasteiger partial charge in [-0.25, -0.2) is 0 Å². The molecular weight excluding hydrogens is 344 g/mol. The molecule has 0 aliphatic rings. The predicted molar refractivity (Wildman–Crippen MR) is 108 cm³/mol. The van der Waals surface area contributed by atoms with E-state index in [1.165, 1.54) is 22.9 Å². The van der Waals surface area contributed by atoms with E-state index >= 15 is 0 Å². The van der Waals surface area contributed by atoms with Crippen molar-refractivity contribution in [3.63, 3.8) is 0 Å². The Morgan fingerprint density at radius 1 is 1.04 bits per heavy atom. The molecule has 2 aromatic rings. The van der Waals surface area contributed by atoms with Crippen LogP contribution in [0.1, 0.15) is 25.0 Å². The first-order valence-corrected chi connectivity index (χ1v) is 10.1. The van der Waals surface area contributed by atoms with E-state index in [1.807, 2.05) is 30.3 Å². The van der Waals surface area contributed by atoms with Gasteiger partial charge in [-0.2, -0.15) is 0 Å². The van der Waals surface area contributed by atoms with Crippen molar-refractivity contribution in [3.05, 3.63) is 59.7 Å². The molecule has 0 atom stereocenters. The summed E-state index contributed by atoms with van der Waals surface area (Å²) >= 11 is 1.53. The summed E-state index contributed by atoms with van der Waals surface area (Å²) in [4.78, 5) is 14.8. The summed E-state index contributed by atoms with van der Waals surface area (Å²) in [5.41, 5.74) is 2.52. The molecule has 0 heterocycles. The van der Waals surface area contributed by atoms with Crippen LogP contribution in [0, 0.1) is 0 Å². The van der Waals surface area contributed by atoms with Crippen molar-refractivity contribution in [2.45, 2.75) is 31.8 Å². The second-order valence-electron chi connectivity index (χ2n) is 6.14. The van der Waals surface area contributed by atoms with Gasteiger partial charge in [-0.05, 0) is 43.7 Å². The molecule has 2 rings (SSSR count). The first kappa shape index (κ1) is 20.3. The Balaban J connectivity index is 1.84. The number of nitrogens with one attached hydrogen (secondary N) is 2. The SMILES string of the molecule is CC[NH+](CC)Cc1ccccc1CNC(=O)CSc1ccc(OC)cc1. The number of rotatable bonds is 10. The number of hydrogen-bond donors (Lipinski definition) is 2. The molecule has 0 saturated carbocycles. The summed E-state index contributed by atoms with van der Waals surface area (Å²) in [6.45, 7) is 8.21. The first-order valence-electron chi connectivity index (χ1n) is 9.10. The van der Waals surface area contributed by atoms with Gasteiger partial charge in [0.1, 0.15) is 12.3 Å². The number of ether oxygens (including phenoxy) is 1. The van der Waals surface area contributed by atoms with E-state index in [0.29, 0.717) is 12.3 Å². The second-order valence-corrected chi connectivity index (χ2v) is 7.19. The molecule has 0 aliphatic heterocycles. The molecule has 1 amide bonds. The molecule has 2 N–H and O–H groups in total. The third-order valence-electron chi connectivity index (χ3n) is 4.46. The maximum Gasteiger partial charge on any atom is 0.230 e. The van der Waals surface area contributed by atoms with E-state index in [-0.39, 0.29) is 5.91 Å². The van der Waals surface area contributed by atoms with Crippen LogP contribution in [0.2, 0.25) is 0 Å². The van der Waals surface area contributed by atoms with Crippen molar-refractivity contribution in [2.24, 2.45) is 0 Å². The summed E-state index contributed by atoms with van der Waals surface area (Å²) in [5, 5.41) is 3.05. The monoisotopic (exact) mass is 373 g/mol. The Morgan fingerprint density at radius 3 is 2.31 bits per heavy atom. The molecule has 140 valence electrons. The van der Waals surface area contributed by atoms with E-state index < -0.39 is 0 Å². The van der Waals surface area contributed by atoms with Crippen molar-refractivity contribution in [1.82, 2.24) is 5.32 Å². The van der Waals surface area contributed by atoms with E-state index in [0.717, 1.165) is 30.3 Å². The van der Waals surface area contributed by atoms with Crippen molar-refractivity contribution in [3.8, 4) is 5.75 Å². The van der Waals surface area contributed by atoms with Crippen LogP contribution >= 0.6 is 11.8 Å². The molecule has 4 nitrogen and oxygen atoms in total. The highest BCUT2D eigenvalue weighted by molar-refractivity contribution is 8.00. The van der Waals surface area contributed by atoms with Gasteiger partial charge in [-0.3, -0.25) is 4.79 Å². The van der Waals surface area contributed by atoms with Crippen LogP contribution < -0.4 is 15.0 Å². The quantitative estimate of drug-likeness (QED) is 0.629. The van der Waals surface area contributed by atoms with E-state index in [1.54, 1.807) is 12.0 Å². The van der Waals surface area contributed by atoms with E-state index in [2.05, 4.69) is 37.4 Å². The normalized spacial score (nSPS) is 10.8. The zero-order chi connectivity index (χ0) is 18.8. The highest BCUT2D eigenvalue weighted by Gasteiger charge is 2.10. The largest absolute Gasteiger partial charge is 0.497 e. The summed E-state index contributed by atoms with van der Waals surface area (Å²) in [6.07, 6.45) is 0. The highest BCUT2D eigenvalue weighted by Crippen LogP contribution is 2.21. The summed E-state index contributed by atoms with van der Waals surface area (Å²) < 4.78 is 5.15. The second kappa shape index (κ2) is 10.9. The molecule has 0 saturated heterocycles. The molecule has 0 radical (unpaired) electrons. The molecular formula is C21H29N2O2S+. The minimum Gasteiger partial charge on any atom is -0.497 e. The lowest BCUT2D eigenvalue weighted by Crippen LogP contribution is -3.10. The zero-order valence-electron chi connectivity index (χ0n) is 15.9. The van der Waals surface area contributed by atoms with Crippen LogP contribution in [0.15, 0.2) is 53.4 Å². The molecule has 0 fully saturated rings. The van der Waals surface area contributed by atoms with E-state index in [9.17, 15) is 4.79 Å². The van der Waals surface area contributed by atoms with Gasteiger partial charge in [0, 0.05) is 17.0 Å². The summed E-state index contributed by atoms with van der Waals surface area (Å²) in [7, 11) is 1.65. The Labute approximate surface area is 160 Å². The average Bonchev–Trinajstić information content (AvgIpc) is 2.70. The Kier molecular flexibility index (Phi) is 8.51. The molecule has 5 heteroatoms. The van der Waals surface area contributed by atoms with Crippen molar-refractivity contribution in [1.29, 1.82) is 0 Å². The van der Waals surface area contributed by atoms with E-state index in [4.69, 9.17) is 4.74 Å². The molecule has 2 aromatic carbocycles.